The molecule has 2 aromatic heterocycles. The van der Waals surface area contributed by atoms with E-state index >= 15 is 0 Å². The van der Waals surface area contributed by atoms with Gasteiger partial charge in [0.25, 0.3) is 0 Å². The van der Waals surface area contributed by atoms with Crippen molar-refractivity contribution in [1.82, 2.24) is 0 Å². The van der Waals surface area contributed by atoms with Crippen molar-refractivity contribution in [1.29, 1.82) is 0 Å². The largest absolute Gasteiger partial charge is 0.867 e. The van der Waals surface area contributed by atoms with Gasteiger partial charge in [-0.1, -0.05) is 222 Å². The smallest absolute Gasteiger partial charge is 0.361 e. The second-order valence-corrected chi connectivity index (χ2v) is 20.7. The van der Waals surface area contributed by atoms with Crippen molar-refractivity contribution < 1.29 is 32.7 Å². The van der Waals surface area contributed by atoms with Crippen LogP contribution in [0.15, 0.2) is 287 Å². The highest BCUT2D eigenvalue weighted by Crippen LogP contribution is 2.38. The van der Waals surface area contributed by atoms with Crippen LogP contribution in [0, 0.1) is 0 Å². The average molecular weight is 1130 g/mol. The van der Waals surface area contributed by atoms with Gasteiger partial charge in [-0.05, 0) is 119 Å². The number of aryl methyl sites for hydroxylation is 4. The van der Waals surface area contributed by atoms with Gasteiger partial charge in [0.2, 0.25) is 0 Å². The van der Waals surface area contributed by atoms with Crippen LogP contribution in [0.25, 0.3) is 80.1 Å². The van der Waals surface area contributed by atoms with E-state index in [0.29, 0.717) is 0 Å². The minimum Gasteiger partial charge on any atom is -0.867 e. The Morgan fingerprint density at radius 1 is 0.326 bits per heavy atom. The van der Waals surface area contributed by atoms with E-state index in [9.17, 15) is 4.32 Å². The number of rotatable bonds is 14. The van der Waals surface area contributed by atoms with Crippen LogP contribution in [0.3, 0.4) is 0 Å². The van der Waals surface area contributed by atoms with Gasteiger partial charge in [0, 0.05) is 33.4 Å². The molecule has 0 bridgehead atoms. The molecule has 0 spiro atoms. The molecule has 0 aliphatic carbocycles. The van der Waals surface area contributed by atoms with E-state index in [1.165, 1.54) is 22.3 Å². The maximum absolute atomic E-state index is 9.89. The molecule has 86 heavy (non-hydrogen) atoms. The Morgan fingerprint density at radius 3 is 0.814 bits per heavy atom. The van der Waals surface area contributed by atoms with Crippen molar-refractivity contribution in [2.24, 2.45) is 0 Å². The highest BCUT2D eigenvalue weighted by molar-refractivity contribution is 6.27. The summed E-state index contributed by atoms with van der Waals surface area (Å²) in [5.74, 6) is 6.45. The van der Waals surface area contributed by atoms with Crippen LogP contribution in [0.2, 0.25) is 0 Å². The van der Waals surface area contributed by atoms with Crippen LogP contribution in [-0.4, -0.2) is 7.40 Å². The Labute approximate surface area is 505 Å². The van der Waals surface area contributed by atoms with Crippen LogP contribution in [0.5, 0.6) is 0 Å². The lowest BCUT2D eigenvalue weighted by atomic mass is 10.00. The first-order valence-corrected chi connectivity index (χ1v) is 29.3. The summed E-state index contributed by atoms with van der Waals surface area (Å²) in [6.07, 6.45) is 16.6. The summed E-state index contributed by atoms with van der Waals surface area (Å²) in [5.41, 5.74) is 18.1. The van der Waals surface area contributed by atoms with Crippen LogP contribution in [0.4, 0.5) is 4.32 Å². The lowest BCUT2D eigenvalue weighted by Crippen LogP contribution is -2.39. The van der Waals surface area contributed by atoms with Gasteiger partial charge in [0.15, 0.2) is 0 Å². The molecule has 0 saturated carbocycles. The minimum atomic E-state index is -3.17. The summed E-state index contributed by atoms with van der Waals surface area (Å²) in [6.45, 7) is 8.71. The van der Waals surface area contributed by atoms with E-state index in [1.807, 2.05) is 72.8 Å². The number of allylic oxidation sites excluding steroid dienone is 6. The quantitative estimate of drug-likeness (QED) is 0.0796. The monoisotopic (exact) mass is 1130 g/mol. The van der Waals surface area contributed by atoms with Gasteiger partial charge < -0.3 is 23.8 Å². The van der Waals surface area contributed by atoms with Gasteiger partial charge >= 0.3 is 23.0 Å². The Kier molecular flexibility index (Phi) is 20.0. The molecule has 8 aromatic carbocycles. The SMILES string of the molecule is CCc1ccc(-c2cc(C=C3C=C(c4ccccc4)OC(c4ccccc4)=C3)[o+]c(-c3ccc(CC)cc3)c2)cc1.CCc1ccc(-c2cc(C=C3C=C(c4ccccc4)OC(c4ccccc4)=C3)[o+]c(-c3ccc(CC)cc3)c2)cc1.[O-]B([O-])F. The molecule has 10 aromatic rings. The lowest BCUT2D eigenvalue weighted by molar-refractivity contribution is -0.366. The summed E-state index contributed by atoms with van der Waals surface area (Å²) < 4.78 is 35.8. The molecule has 0 atom stereocenters. The standard InChI is InChI=1S/2C39H33O2.BFO2/c2*1-3-28-15-19-31(20-16-28)35-26-36(40-39(27-35)34-21-17-29(4-2)18-22-34)23-30-24-37(32-11-7-5-8-12-32)41-38(25-30)33-13-9-6-10-14-33;2-1(3)4/h2*5-27H,3-4H2,1-2H3;/q2*+1;-2. The zero-order chi connectivity index (χ0) is 59.6. The van der Waals surface area contributed by atoms with Crippen LogP contribution in [0.1, 0.15) is 83.7 Å². The second-order valence-electron chi connectivity index (χ2n) is 20.7. The predicted octanol–water partition coefficient (Wildman–Crippen LogP) is 18.7. The van der Waals surface area contributed by atoms with Crippen LogP contribution < -0.4 is 10.0 Å². The number of ether oxygens (including phenoxy) is 2. The highest BCUT2D eigenvalue weighted by Gasteiger charge is 2.23. The topological polar surface area (TPSA) is 87.2 Å². The Bertz CT molecular complexity index is 3540. The van der Waals surface area contributed by atoms with E-state index < -0.39 is 7.40 Å². The Hall–Kier alpha value is -9.99. The Morgan fingerprint density at radius 2 is 0.570 bits per heavy atom. The van der Waals surface area contributed by atoms with Crippen molar-refractivity contribution in [3.05, 3.63) is 334 Å². The molecule has 0 unspecified atom stereocenters. The van der Waals surface area contributed by atoms with Gasteiger partial charge in [0.05, 0.1) is 47.5 Å². The maximum Gasteiger partial charge on any atom is 0.361 e. The van der Waals surface area contributed by atoms with Crippen molar-refractivity contribution in [2.45, 2.75) is 53.4 Å². The molecule has 8 heteroatoms. The predicted molar refractivity (Wildman–Crippen MR) is 348 cm³/mol. The van der Waals surface area contributed by atoms with Gasteiger partial charge in [0.1, 0.15) is 30.4 Å². The molecule has 0 saturated heterocycles. The molecule has 0 radical (unpaired) electrons. The van der Waals surface area contributed by atoms with Crippen molar-refractivity contribution >= 4 is 42.6 Å². The summed E-state index contributed by atoms with van der Waals surface area (Å²) in [7, 11) is -3.17. The first kappa shape index (κ1) is 59.2. The first-order valence-electron chi connectivity index (χ1n) is 29.3. The normalized spacial score (nSPS) is 12.5. The molecule has 6 nitrogen and oxygen atoms in total. The van der Waals surface area contributed by atoms with Crippen molar-refractivity contribution in [3.63, 3.8) is 0 Å². The van der Waals surface area contributed by atoms with E-state index in [-0.39, 0.29) is 0 Å². The molecule has 12 rings (SSSR count). The molecule has 2 aliphatic rings. The van der Waals surface area contributed by atoms with E-state index in [0.717, 1.165) is 139 Å². The van der Waals surface area contributed by atoms with Gasteiger partial charge in [-0.3, -0.25) is 0 Å². The summed E-state index contributed by atoms with van der Waals surface area (Å²) >= 11 is 0. The van der Waals surface area contributed by atoms with Gasteiger partial charge in [-0.25, -0.2) is 8.83 Å². The third-order valence-electron chi connectivity index (χ3n) is 14.8. The zero-order valence-corrected chi connectivity index (χ0v) is 48.8. The van der Waals surface area contributed by atoms with Gasteiger partial charge in [-0.15, -0.1) is 0 Å². The highest BCUT2D eigenvalue weighted by atomic mass is 19.1. The first-order chi connectivity index (χ1) is 42.1. The maximum atomic E-state index is 9.89. The fourth-order valence-electron chi connectivity index (χ4n) is 10.00. The minimum absolute atomic E-state index is 0.779. The number of benzene rings is 8. The molecular formula is C78H66BFO6. The average Bonchev–Trinajstić information content (AvgIpc) is 3.68. The molecule has 424 valence electrons. The number of hydrogen-bond donors (Lipinski definition) is 0. The Balaban J connectivity index is 0.000000180. The second kappa shape index (κ2) is 29.0. The van der Waals surface area contributed by atoms with Crippen molar-refractivity contribution in [3.8, 4) is 44.9 Å². The fourth-order valence-corrected chi connectivity index (χ4v) is 10.00. The molecule has 2 aliphatic heterocycles. The molecule has 0 N–H and O–H groups in total. The zero-order valence-electron chi connectivity index (χ0n) is 48.8. The fraction of sp³-hybridized carbons (Fsp3) is 0.103. The van der Waals surface area contributed by atoms with Crippen molar-refractivity contribution in [2.75, 3.05) is 0 Å². The lowest BCUT2D eigenvalue weighted by Gasteiger charge is -2.18. The van der Waals surface area contributed by atoms with Crippen LogP contribution in [-0.2, 0) is 35.2 Å². The van der Waals surface area contributed by atoms with E-state index in [4.69, 9.17) is 28.4 Å². The molecule has 0 amide bonds. The van der Waals surface area contributed by atoms with E-state index in [1.54, 1.807) is 0 Å². The number of halogens is 1. The van der Waals surface area contributed by atoms with Gasteiger partial charge in [-0.2, -0.15) is 0 Å². The molecular weight excluding hydrogens is 1060 g/mol. The third kappa shape index (κ3) is 15.8. The molecule has 0 fully saturated rings. The van der Waals surface area contributed by atoms with Crippen LogP contribution >= 0.6 is 0 Å². The summed E-state index contributed by atoms with van der Waals surface area (Å²) in [6, 6.07) is 84.3. The third-order valence-corrected chi connectivity index (χ3v) is 14.8. The van der Waals surface area contributed by atoms with E-state index in [2.05, 4.69) is 234 Å². The number of hydrogen-bond acceptors (Lipinski definition) is 4. The summed E-state index contributed by atoms with van der Waals surface area (Å²) in [5, 5.41) is 16.6. The summed E-state index contributed by atoms with van der Waals surface area (Å²) in [4.78, 5) is 0. The molecule has 4 heterocycles.